The molecular weight excluding hydrogens is 356 g/mol. The topological polar surface area (TPSA) is 0 Å². The number of hydrogen-bond donors (Lipinski definition) is 0. The molecule has 2 aromatic heterocycles. The van der Waals surface area contributed by atoms with E-state index >= 15 is 0 Å². The SMILES string of the molecule is CCc1ccc(C(Br)c2ccc(Br)s2)s1. The quantitative estimate of drug-likeness (QED) is 0.619. The lowest BCUT2D eigenvalue weighted by molar-refractivity contribution is 1.19. The third-order valence-electron chi connectivity index (χ3n) is 2.12. The van der Waals surface area contributed by atoms with Gasteiger partial charge in [0.05, 0.1) is 8.61 Å². The van der Waals surface area contributed by atoms with Crippen molar-refractivity contribution in [2.24, 2.45) is 0 Å². The van der Waals surface area contributed by atoms with Crippen LogP contribution in [0.2, 0.25) is 0 Å². The smallest absolute Gasteiger partial charge is 0.0831 e. The monoisotopic (exact) mass is 364 g/mol. The first-order valence-electron chi connectivity index (χ1n) is 4.68. The van der Waals surface area contributed by atoms with Crippen LogP contribution in [-0.4, -0.2) is 0 Å². The fraction of sp³-hybridized carbons (Fsp3) is 0.273. The Labute approximate surface area is 115 Å². The average Bonchev–Trinajstić information content (AvgIpc) is 2.84. The molecule has 0 radical (unpaired) electrons. The standard InChI is InChI=1S/C11H10Br2S2/c1-2-7-3-4-8(14-7)11(13)9-5-6-10(12)15-9/h3-6,11H,2H2,1H3. The van der Waals surface area contributed by atoms with Gasteiger partial charge in [-0.15, -0.1) is 22.7 Å². The molecule has 0 aliphatic rings. The average molecular weight is 366 g/mol. The molecule has 4 heteroatoms. The molecule has 0 amide bonds. The maximum absolute atomic E-state index is 3.75. The Kier molecular flexibility index (Phi) is 4.04. The Morgan fingerprint density at radius 2 is 1.80 bits per heavy atom. The highest BCUT2D eigenvalue weighted by Crippen LogP contribution is 2.39. The Balaban J connectivity index is 2.23. The summed E-state index contributed by atoms with van der Waals surface area (Å²) >= 11 is 10.9. The third kappa shape index (κ3) is 2.73. The molecule has 0 spiro atoms. The predicted molar refractivity (Wildman–Crippen MR) is 76.5 cm³/mol. The predicted octanol–water partition coefficient (Wildman–Crippen LogP) is 5.62. The van der Waals surface area contributed by atoms with Crippen molar-refractivity contribution in [2.45, 2.75) is 18.2 Å². The minimum Gasteiger partial charge on any atom is -0.144 e. The summed E-state index contributed by atoms with van der Waals surface area (Å²) < 4.78 is 1.19. The number of aryl methyl sites for hydroxylation is 1. The van der Waals surface area contributed by atoms with Crippen molar-refractivity contribution in [3.63, 3.8) is 0 Å². The van der Waals surface area contributed by atoms with E-state index in [0.29, 0.717) is 4.83 Å². The third-order valence-corrected chi connectivity index (χ3v) is 6.70. The summed E-state index contributed by atoms with van der Waals surface area (Å²) in [4.78, 5) is 4.54. The molecule has 80 valence electrons. The molecule has 0 N–H and O–H groups in total. The summed E-state index contributed by atoms with van der Waals surface area (Å²) in [5.41, 5.74) is 0. The van der Waals surface area contributed by atoms with E-state index in [1.54, 1.807) is 11.3 Å². The lowest BCUT2D eigenvalue weighted by Gasteiger charge is -2.03. The number of alkyl halides is 1. The van der Waals surface area contributed by atoms with Crippen molar-refractivity contribution in [1.82, 2.24) is 0 Å². The van der Waals surface area contributed by atoms with Gasteiger partial charge in [-0.25, -0.2) is 0 Å². The molecule has 1 atom stereocenters. The van der Waals surface area contributed by atoms with Gasteiger partial charge in [-0.2, -0.15) is 0 Å². The molecule has 0 aliphatic heterocycles. The van der Waals surface area contributed by atoms with Gasteiger partial charge in [0, 0.05) is 14.6 Å². The molecule has 0 bridgehead atoms. The summed E-state index contributed by atoms with van der Waals surface area (Å²) in [5.74, 6) is 0. The second kappa shape index (κ2) is 5.13. The maximum Gasteiger partial charge on any atom is 0.0831 e. The molecule has 0 saturated heterocycles. The lowest BCUT2D eigenvalue weighted by Crippen LogP contribution is -1.83. The van der Waals surface area contributed by atoms with E-state index in [9.17, 15) is 0 Å². The summed E-state index contributed by atoms with van der Waals surface area (Å²) in [6, 6.07) is 8.70. The Morgan fingerprint density at radius 1 is 1.13 bits per heavy atom. The highest BCUT2D eigenvalue weighted by atomic mass is 79.9. The van der Waals surface area contributed by atoms with Gasteiger partial charge in [-0.1, -0.05) is 22.9 Å². The molecule has 2 rings (SSSR count). The molecule has 1 unspecified atom stereocenters. The largest absolute Gasteiger partial charge is 0.144 e. The zero-order valence-electron chi connectivity index (χ0n) is 8.17. The van der Waals surface area contributed by atoms with Crippen molar-refractivity contribution >= 4 is 54.5 Å². The van der Waals surface area contributed by atoms with E-state index in [2.05, 4.69) is 63.0 Å². The highest BCUT2D eigenvalue weighted by molar-refractivity contribution is 9.11. The van der Waals surface area contributed by atoms with Crippen molar-refractivity contribution in [3.05, 3.63) is 42.7 Å². The van der Waals surface area contributed by atoms with Crippen LogP contribution in [0, 0.1) is 0 Å². The molecule has 0 fully saturated rings. The fourth-order valence-electron chi connectivity index (χ4n) is 1.33. The lowest BCUT2D eigenvalue weighted by atomic mass is 10.3. The first-order valence-corrected chi connectivity index (χ1v) is 8.02. The molecule has 2 heterocycles. The zero-order chi connectivity index (χ0) is 10.8. The van der Waals surface area contributed by atoms with E-state index < -0.39 is 0 Å². The molecule has 0 nitrogen and oxygen atoms in total. The number of thiophene rings is 2. The number of rotatable bonds is 3. The Morgan fingerprint density at radius 3 is 2.33 bits per heavy atom. The highest BCUT2D eigenvalue weighted by Gasteiger charge is 2.14. The Hall–Kier alpha value is 0.360. The van der Waals surface area contributed by atoms with Gasteiger partial charge in [0.25, 0.3) is 0 Å². The molecule has 0 aromatic carbocycles. The molecule has 2 aromatic rings. The first kappa shape index (κ1) is 11.8. The summed E-state index contributed by atoms with van der Waals surface area (Å²) in [6.45, 7) is 2.20. The van der Waals surface area contributed by atoms with Gasteiger partial charge in [0.15, 0.2) is 0 Å². The van der Waals surface area contributed by atoms with E-state index in [1.807, 2.05) is 11.3 Å². The molecular formula is C11H10Br2S2. The van der Waals surface area contributed by atoms with Gasteiger partial charge in [0.1, 0.15) is 0 Å². The van der Waals surface area contributed by atoms with Crippen LogP contribution < -0.4 is 0 Å². The van der Waals surface area contributed by atoms with Crippen LogP contribution in [0.3, 0.4) is 0 Å². The van der Waals surface area contributed by atoms with Gasteiger partial charge in [0.2, 0.25) is 0 Å². The molecule has 0 aliphatic carbocycles. The van der Waals surface area contributed by atoms with Crippen LogP contribution >= 0.6 is 54.5 Å². The number of hydrogen-bond acceptors (Lipinski definition) is 2. The molecule has 15 heavy (non-hydrogen) atoms. The minimum atomic E-state index is 0.346. The van der Waals surface area contributed by atoms with Crippen molar-refractivity contribution in [2.75, 3.05) is 0 Å². The summed E-state index contributed by atoms with van der Waals surface area (Å²) in [7, 11) is 0. The van der Waals surface area contributed by atoms with E-state index in [4.69, 9.17) is 0 Å². The van der Waals surface area contributed by atoms with E-state index in [-0.39, 0.29) is 0 Å². The normalized spacial score (nSPS) is 13.0. The van der Waals surface area contributed by atoms with Crippen LogP contribution in [-0.2, 0) is 6.42 Å². The second-order valence-electron chi connectivity index (χ2n) is 3.16. The van der Waals surface area contributed by atoms with Gasteiger partial charge >= 0.3 is 0 Å². The number of halogens is 2. The summed E-state index contributed by atoms with van der Waals surface area (Å²) in [6.07, 6.45) is 1.12. The summed E-state index contributed by atoms with van der Waals surface area (Å²) in [5, 5.41) is 0. The van der Waals surface area contributed by atoms with Crippen LogP contribution in [0.25, 0.3) is 0 Å². The van der Waals surface area contributed by atoms with Crippen molar-refractivity contribution in [3.8, 4) is 0 Å². The van der Waals surface area contributed by atoms with Crippen LogP contribution in [0.15, 0.2) is 28.1 Å². The van der Waals surface area contributed by atoms with Crippen molar-refractivity contribution < 1.29 is 0 Å². The minimum absolute atomic E-state index is 0.346. The Bertz CT molecular complexity index is 445. The zero-order valence-corrected chi connectivity index (χ0v) is 13.0. The second-order valence-corrected chi connectivity index (χ2v) is 7.77. The fourth-order valence-corrected chi connectivity index (χ4v) is 4.64. The van der Waals surface area contributed by atoms with Gasteiger partial charge in [-0.3, -0.25) is 0 Å². The van der Waals surface area contributed by atoms with Crippen molar-refractivity contribution in [1.29, 1.82) is 0 Å². The van der Waals surface area contributed by atoms with Gasteiger partial charge < -0.3 is 0 Å². The van der Waals surface area contributed by atoms with E-state index in [0.717, 1.165) is 6.42 Å². The molecule has 0 saturated carbocycles. The van der Waals surface area contributed by atoms with Crippen LogP contribution in [0.4, 0.5) is 0 Å². The van der Waals surface area contributed by atoms with Crippen LogP contribution in [0.5, 0.6) is 0 Å². The first-order chi connectivity index (χ1) is 7.20. The maximum atomic E-state index is 3.75. The van der Waals surface area contributed by atoms with Gasteiger partial charge in [-0.05, 0) is 46.6 Å². The van der Waals surface area contributed by atoms with E-state index in [1.165, 1.54) is 18.4 Å². The van der Waals surface area contributed by atoms with Crippen LogP contribution in [0.1, 0.15) is 26.4 Å².